The third-order valence-corrected chi connectivity index (χ3v) is 2.21. The van der Waals surface area contributed by atoms with E-state index in [1.165, 1.54) is 0 Å². The minimum Gasteiger partial charge on any atom is -0.359 e. The second-order valence-electron chi connectivity index (χ2n) is 3.90. The van der Waals surface area contributed by atoms with E-state index in [4.69, 9.17) is 17.5 Å². The summed E-state index contributed by atoms with van der Waals surface area (Å²) in [5, 5.41) is 11.9. The van der Waals surface area contributed by atoms with Gasteiger partial charge in [-0.1, -0.05) is 0 Å². The molecule has 0 aliphatic carbocycles. The number of thiocarbonyl (C=S) groups is 1. The third kappa shape index (κ3) is 4.39. The zero-order valence-corrected chi connectivity index (χ0v) is 11.0. The number of nitrogens with one attached hydrogen (secondary N) is 3. The fraction of sp³-hybridized carbons (Fsp3) is 0.250. The maximum absolute atomic E-state index is 11.7. The molecule has 0 bridgehead atoms. The van der Waals surface area contributed by atoms with E-state index in [-0.39, 0.29) is 11.9 Å². The Kier molecular flexibility index (Phi) is 5.08. The van der Waals surface area contributed by atoms with E-state index in [0.717, 1.165) is 0 Å². The lowest BCUT2D eigenvalue weighted by atomic mass is 10.1. The third-order valence-electron chi connectivity index (χ3n) is 1.99. The highest BCUT2D eigenvalue weighted by molar-refractivity contribution is 7.80. The highest BCUT2D eigenvalue weighted by Gasteiger charge is 2.05. The number of amides is 1. The van der Waals surface area contributed by atoms with Crippen LogP contribution in [0.15, 0.2) is 24.3 Å². The zero-order valence-electron chi connectivity index (χ0n) is 10.2. The van der Waals surface area contributed by atoms with Gasteiger partial charge in [-0.3, -0.25) is 15.6 Å². The molecule has 1 amide bonds. The number of hydrogen-bond acceptors (Lipinski definition) is 3. The molecule has 0 radical (unpaired) electrons. The molecule has 1 aromatic rings. The fourth-order valence-corrected chi connectivity index (χ4v) is 1.47. The van der Waals surface area contributed by atoms with Crippen LogP contribution in [0.4, 0.5) is 0 Å². The van der Waals surface area contributed by atoms with Gasteiger partial charge in [0.25, 0.3) is 5.91 Å². The van der Waals surface area contributed by atoms with E-state index in [9.17, 15) is 4.79 Å². The maximum atomic E-state index is 11.7. The quantitative estimate of drug-likeness (QED) is 0.549. The lowest BCUT2D eigenvalue weighted by Crippen LogP contribution is -2.48. The van der Waals surface area contributed by atoms with Gasteiger partial charge in [-0.2, -0.15) is 5.26 Å². The molecule has 0 heterocycles. The molecule has 5 nitrogen and oxygen atoms in total. The van der Waals surface area contributed by atoms with Crippen molar-refractivity contribution in [3.8, 4) is 6.07 Å². The number of carbonyl (C=O) groups is 1. The van der Waals surface area contributed by atoms with Crippen molar-refractivity contribution in [3.05, 3.63) is 35.4 Å². The monoisotopic (exact) mass is 262 g/mol. The zero-order chi connectivity index (χ0) is 13.5. The first-order valence-corrected chi connectivity index (χ1v) is 5.80. The Hall–Kier alpha value is -2.13. The van der Waals surface area contributed by atoms with Crippen molar-refractivity contribution in [2.24, 2.45) is 0 Å². The van der Waals surface area contributed by atoms with Gasteiger partial charge in [0.15, 0.2) is 5.11 Å². The molecule has 0 aromatic heterocycles. The van der Waals surface area contributed by atoms with Crippen molar-refractivity contribution in [3.63, 3.8) is 0 Å². The standard InChI is InChI=1S/C12H14N4OS/c1-8(2)14-12(18)16-15-11(17)10-5-3-9(7-13)4-6-10/h3-6,8H,1-2H3,(H,15,17)(H2,14,16,18). The first-order valence-electron chi connectivity index (χ1n) is 5.40. The van der Waals surface area contributed by atoms with Crippen molar-refractivity contribution in [2.45, 2.75) is 19.9 Å². The summed E-state index contributed by atoms with van der Waals surface area (Å²) in [6.45, 7) is 3.88. The van der Waals surface area contributed by atoms with Crippen LogP contribution in [0.1, 0.15) is 29.8 Å². The van der Waals surface area contributed by atoms with Gasteiger partial charge < -0.3 is 5.32 Å². The van der Waals surface area contributed by atoms with Crippen molar-refractivity contribution in [1.29, 1.82) is 5.26 Å². The number of nitrogens with zero attached hydrogens (tertiary/aromatic N) is 1. The van der Waals surface area contributed by atoms with Gasteiger partial charge in [0, 0.05) is 11.6 Å². The maximum Gasteiger partial charge on any atom is 0.269 e. The van der Waals surface area contributed by atoms with Gasteiger partial charge >= 0.3 is 0 Å². The number of carbonyl (C=O) groups excluding carboxylic acids is 1. The summed E-state index contributed by atoms with van der Waals surface area (Å²) in [6.07, 6.45) is 0. The summed E-state index contributed by atoms with van der Waals surface area (Å²) < 4.78 is 0. The van der Waals surface area contributed by atoms with Crippen molar-refractivity contribution >= 4 is 23.2 Å². The lowest BCUT2D eigenvalue weighted by Gasteiger charge is -2.13. The molecular formula is C12H14N4OS. The Morgan fingerprint density at radius 3 is 2.39 bits per heavy atom. The Balaban J connectivity index is 2.50. The Bertz CT molecular complexity index is 476. The number of hydrogen-bond donors (Lipinski definition) is 3. The number of nitriles is 1. The van der Waals surface area contributed by atoms with Crippen LogP contribution in [0.25, 0.3) is 0 Å². The molecule has 0 unspecified atom stereocenters. The molecule has 6 heteroatoms. The van der Waals surface area contributed by atoms with Crippen LogP contribution in [0.2, 0.25) is 0 Å². The van der Waals surface area contributed by atoms with Crippen LogP contribution < -0.4 is 16.2 Å². The summed E-state index contributed by atoms with van der Waals surface area (Å²) in [6, 6.07) is 8.50. The SMILES string of the molecule is CC(C)NC(=S)NNC(=O)c1ccc(C#N)cc1. The summed E-state index contributed by atoms with van der Waals surface area (Å²) in [7, 11) is 0. The van der Waals surface area contributed by atoms with Crippen LogP contribution in [-0.4, -0.2) is 17.1 Å². The molecule has 0 aliphatic rings. The van der Waals surface area contributed by atoms with Gasteiger partial charge in [0.2, 0.25) is 0 Å². The van der Waals surface area contributed by atoms with Crippen molar-refractivity contribution in [2.75, 3.05) is 0 Å². The smallest absolute Gasteiger partial charge is 0.269 e. The van der Waals surface area contributed by atoms with E-state index in [1.807, 2.05) is 19.9 Å². The average Bonchev–Trinajstić information content (AvgIpc) is 2.35. The van der Waals surface area contributed by atoms with Gasteiger partial charge in [-0.15, -0.1) is 0 Å². The van der Waals surface area contributed by atoms with Gasteiger partial charge in [-0.25, -0.2) is 0 Å². The van der Waals surface area contributed by atoms with Crippen LogP contribution in [-0.2, 0) is 0 Å². The van der Waals surface area contributed by atoms with Gasteiger partial charge in [-0.05, 0) is 50.3 Å². The lowest BCUT2D eigenvalue weighted by molar-refractivity contribution is 0.0943. The topological polar surface area (TPSA) is 76.9 Å². The Labute approximate surface area is 111 Å². The van der Waals surface area contributed by atoms with E-state index in [1.54, 1.807) is 24.3 Å². The minimum absolute atomic E-state index is 0.191. The average molecular weight is 262 g/mol. The second kappa shape index (κ2) is 6.57. The predicted molar refractivity (Wildman–Crippen MR) is 72.6 cm³/mol. The van der Waals surface area contributed by atoms with Crippen LogP contribution >= 0.6 is 12.2 Å². The van der Waals surface area contributed by atoms with Crippen LogP contribution in [0.5, 0.6) is 0 Å². The summed E-state index contributed by atoms with van der Waals surface area (Å²) in [5.41, 5.74) is 6.03. The van der Waals surface area contributed by atoms with Gasteiger partial charge in [0.1, 0.15) is 0 Å². The molecule has 18 heavy (non-hydrogen) atoms. The Morgan fingerprint density at radius 2 is 1.89 bits per heavy atom. The molecule has 0 saturated carbocycles. The molecule has 1 aromatic carbocycles. The molecule has 0 atom stereocenters. The van der Waals surface area contributed by atoms with Crippen LogP contribution in [0.3, 0.4) is 0 Å². The van der Waals surface area contributed by atoms with E-state index in [2.05, 4.69) is 16.2 Å². The first kappa shape index (κ1) is 13.9. The molecule has 0 saturated heterocycles. The molecular weight excluding hydrogens is 248 g/mol. The molecule has 1 rings (SSSR count). The second-order valence-corrected chi connectivity index (χ2v) is 4.30. The predicted octanol–water partition coefficient (Wildman–Crippen LogP) is 1.08. The number of benzene rings is 1. The number of hydrazine groups is 1. The minimum atomic E-state index is -0.313. The van der Waals surface area contributed by atoms with E-state index < -0.39 is 0 Å². The van der Waals surface area contributed by atoms with Gasteiger partial charge in [0.05, 0.1) is 11.6 Å². The summed E-state index contributed by atoms with van der Waals surface area (Å²) >= 11 is 4.96. The molecule has 0 fully saturated rings. The molecule has 0 aliphatic heterocycles. The number of rotatable bonds is 2. The largest absolute Gasteiger partial charge is 0.359 e. The summed E-state index contributed by atoms with van der Waals surface area (Å²) in [4.78, 5) is 11.7. The molecule has 3 N–H and O–H groups in total. The first-order chi connectivity index (χ1) is 8.52. The molecule has 94 valence electrons. The highest BCUT2D eigenvalue weighted by atomic mass is 32.1. The fourth-order valence-electron chi connectivity index (χ4n) is 1.18. The van der Waals surface area contributed by atoms with E-state index in [0.29, 0.717) is 16.2 Å². The Morgan fingerprint density at radius 1 is 1.28 bits per heavy atom. The molecule has 0 spiro atoms. The summed E-state index contributed by atoms with van der Waals surface area (Å²) in [5.74, 6) is -0.313. The van der Waals surface area contributed by atoms with Crippen LogP contribution in [0, 0.1) is 11.3 Å². The highest BCUT2D eigenvalue weighted by Crippen LogP contribution is 2.02. The van der Waals surface area contributed by atoms with Crippen molar-refractivity contribution < 1.29 is 4.79 Å². The normalized spacial score (nSPS) is 9.44. The van der Waals surface area contributed by atoms with Crippen molar-refractivity contribution in [1.82, 2.24) is 16.2 Å². The van der Waals surface area contributed by atoms with E-state index >= 15 is 0 Å².